The topological polar surface area (TPSA) is 77.6 Å². The van der Waals surface area contributed by atoms with Crippen LogP contribution in [-0.4, -0.2) is 30.6 Å². The van der Waals surface area contributed by atoms with Crippen LogP contribution >= 0.6 is 0 Å². The molecule has 0 spiro atoms. The van der Waals surface area contributed by atoms with E-state index in [1.54, 1.807) is 10.7 Å². The number of alkyl halides is 3. The second-order valence-corrected chi connectivity index (χ2v) is 7.86. The Morgan fingerprint density at radius 1 is 1.06 bits per heavy atom. The molecule has 7 nitrogen and oxygen atoms in total. The van der Waals surface area contributed by atoms with E-state index in [1.165, 1.54) is 23.0 Å². The summed E-state index contributed by atoms with van der Waals surface area (Å²) in [6.07, 6.45) is -0.655. The molecule has 3 heterocycles. The van der Waals surface area contributed by atoms with E-state index in [0.29, 0.717) is 31.5 Å². The Bertz CT molecular complexity index is 1130. The third-order valence-electron chi connectivity index (χ3n) is 5.53. The fourth-order valence-electron chi connectivity index (χ4n) is 4.06. The zero-order chi connectivity index (χ0) is 22.2. The van der Waals surface area contributed by atoms with E-state index in [0.717, 1.165) is 17.5 Å². The lowest BCUT2D eigenvalue weighted by atomic mass is 9.91. The second-order valence-electron chi connectivity index (χ2n) is 7.86. The van der Waals surface area contributed by atoms with Gasteiger partial charge in [0.1, 0.15) is 5.82 Å². The molecule has 1 fully saturated rings. The molecular formula is C21H23F3N6O. The molecule has 1 aliphatic carbocycles. The Kier molecular flexibility index (Phi) is 5.55. The first kappa shape index (κ1) is 21.1. The van der Waals surface area contributed by atoms with E-state index in [1.807, 2.05) is 19.9 Å². The lowest BCUT2D eigenvalue weighted by Crippen LogP contribution is -2.34. The van der Waals surface area contributed by atoms with Crippen LogP contribution in [0.1, 0.15) is 48.7 Å². The van der Waals surface area contributed by atoms with Crippen LogP contribution in [0, 0.1) is 13.8 Å². The van der Waals surface area contributed by atoms with Crippen LogP contribution in [0.3, 0.4) is 0 Å². The molecule has 0 aliphatic heterocycles. The van der Waals surface area contributed by atoms with Crippen LogP contribution in [0.25, 0.3) is 5.82 Å². The van der Waals surface area contributed by atoms with Crippen molar-refractivity contribution in [3.8, 4) is 5.82 Å². The lowest BCUT2D eigenvalue weighted by molar-refractivity contribution is -0.137. The number of anilines is 1. The van der Waals surface area contributed by atoms with Gasteiger partial charge in [-0.2, -0.15) is 18.3 Å². The lowest BCUT2D eigenvalue weighted by Gasteiger charge is -2.30. The van der Waals surface area contributed by atoms with Gasteiger partial charge in [-0.15, -0.1) is 5.10 Å². The third kappa shape index (κ3) is 4.47. The summed E-state index contributed by atoms with van der Waals surface area (Å²) in [7, 11) is 0. The van der Waals surface area contributed by atoms with Crippen molar-refractivity contribution in [2.24, 2.45) is 0 Å². The molecule has 0 amide bonds. The van der Waals surface area contributed by atoms with Gasteiger partial charge in [0.25, 0.3) is 5.56 Å². The SMILES string of the molecule is Cc1cc(C)n(-c2ccc(=O)n(C3CCC(Nc4ncccc4C(F)(F)F)CC3)n2)n1. The Balaban J connectivity index is 1.48. The molecule has 10 heteroatoms. The van der Waals surface area contributed by atoms with Gasteiger partial charge in [-0.25, -0.2) is 14.3 Å². The number of aryl methyl sites for hydroxylation is 2. The summed E-state index contributed by atoms with van der Waals surface area (Å²) in [5.41, 5.74) is 0.800. The third-order valence-corrected chi connectivity index (χ3v) is 5.53. The van der Waals surface area contributed by atoms with E-state index < -0.39 is 11.7 Å². The standard InChI is InChI=1S/C21H23F3N6O/c1-13-12-14(2)29(27-13)18-9-10-19(31)30(28-18)16-7-5-15(6-8-16)26-20-17(21(22,23)24)4-3-11-25-20/h3-4,9-12,15-16H,5-8H2,1-2H3,(H,25,26). The van der Waals surface area contributed by atoms with E-state index in [-0.39, 0.29) is 23.5 Å². The number of aromatic nitrogens is 5. The molecule has 0 unspecified atom stereocenters. The first-order chi connectivity index (χ1) is 14.7. The molecule has 3 aromatic heterocycles. The van der Waals surface area contributed by atoms with Crippen LogP contribution < -0.4 is 10.9 Å². The van der Waals surface area contributed by atoms with Crippen molar-refractivity contribution in [1.82, 2.24) is 24.5 Å². The van der Waals surface area contributed by atoms with E-state index in [2.05, 4.69) is 20.5 Å². The predicted molar refractivity (Wildman–Crippen MR) is 109 cm³/mol. The molecule has 1 aliphatic rings. The summed E-state index contributed by atoms with van der Waals surface area (Å²) in [5, 5.41) is 11.9. The minimum atomic E-state index is -4.46. The molecule has 3 aromatic rings. The zero-order valence-electron chi connectivity index (χ0n) is 17.2. The highest BCUT2D eigenvalue weighted by Gasteiger charge is 2.35. The first-order valence-corrected chi connectivity index (χ1v) is 10.1. The average molecular weight is 432 g/mol. The number of hydrogen-bond acceptors (Lipinski definition) is 5. The highest BCUT2D eigenvalue weighted by atomic mass is 19.4. The molecule has 31 heavy (non-hydrogen) atoms. The molecule has 4 rings (SSSR count). The summed E-state index contributed by atoms with van der Waals surface area (Å²) < 4.78 is 42.8. The minimum absolute atomic E-state index is 0.117. The Morgan fingerprint density at radius 3 is 2.45 bits per heavy atom. The Labute approximate surface area is 176 Å². The molecule has 0 aromatic carbocycles. The number of nitrogens with one attached hydrogen (secondary N) is 1. The summed E-state index contributed by atoms with van der Waals surface area (Å²) in [6.45, 7) is 3.81. The van der Waals surface area contributed by atoms with E-state index in [4.69, 9.17) is 0 Å². The van der Waals surface area contributed by atoms with Crippen molar-refractivity contribution in [2.45, 2.75) is 57.8 Å². The number of pyridine rings is 1. The van der Waals surface area contributed by atoms with Crippen LogP contribution in [0.4, 0.5) is 19.0 Å². The normalized spacial score (nSPS) is 19.4. The molecule has 0 atom stereocenters. The quantitative estimate of drug-likeness (QED) is 0.673. The summed E-state index contributed by atoms with van der Waals surface area (Å²) in [4.78, 5) is 16.3. The van der Waals surface area contributed by atoms with Crippen molar-refractivity contribution < 1.29 is 13.2 Å². The maximum atomic E-state index is 13.2. The number of rotatable bonds is 4. The molecule has 0 saturated heterocycles. The summed E-state index contributed by atoms with van der Waals surface area (Å²) in [6, 6.07) is 7.09. The van der Waals surface area contributed by atoms with Gasteiger partial charge in [0.2, 0.25) is 0 Å². The monoisotopic (exact) mass is 432 g/mol. The van der Waals surface area contributed by atoms with Gasteiger partial charge < -0.3 is 5.32 Å². The fraction of sp³-hybridized carbons (Fsp3) is 0.429. The fourth-order valence-corrected chi connectivity index (χ4v) is 4.06. The van der Waals surface area contributed by atoms with Crippen LogP contribution in [-0.2, 0) is 6.18 Å². The zero-order valence-corrected chi connectivity index (χ0v) is 17.2. The van der Waals surface area contributed by atoms with Crippen LogP contribution in [0.15, 0.2) is 41.3 Å². The van der Waals surface area contributed by atoms with Crippen LogP contribution in [0.2, 0.25) is 0 Å². The molecule has 1 N–H and O–H groups in total. The maximum Gasteiger partial charge on any atom is 0.419 e. The van der Waals surface area contributed by atoms with Gasteiger partial charge in [-0.3, -0.25) is 4.79 Å². The van der Waals surface area contributed by atoms with Crippen molar-refractivity contribution in [3.63, 3.8) is 0 Å². The maximum absolute atomic E-state index is 13.2. The molecular weight excluding hydrogens is 409 g/mol. The molecule has 164 valence electrons. The van der Waals surface area contributed by atoms with Gasteiger partial charge in [0.05, 0.1) is 17.3 Å². The average Bonchev–Trinajstić information content (AvgIpc) is 3.07. The molecule has 0 bridgehead atoms. The van der Waals surface area contributed by atoms with Gasteiger partial charge >= 0.3 is 6.18 Å². The first-order valence-electron chi connectivity index (χ1n) is 10.1. The minimum Gasteiger partial charge on any atom is -0.367 e. The number of hydrogen-bond donors (Lipinski definition) is 1. The van der Waals surface area contributed by atoms with Crippen molar-refractivity contribution >= 4 is 5.82 Å². The summed E-state index contributed by atoms with van der Waals surface area (Å²) >= 11 is 0. The van der Waals surface area contributed by atoms with Crippen LogP contribution in [0.5, 0.6) is 0 Å². The molecule has 1 saturated carbocycles. The highest BCUT2D eigenvalue weighted by Crippen LogP contribution is 2.35. The second kappa shape index (κ2) is 8.16. The Hall–Kier alpha value is -3.17. The van der Waals surface area contributed by atoms with Gasteiger partial charge in [-0.1, -0.05) is 0 Å². The van der Waals surface area contributed by atoms with Gasteiger partial charge in [0.15, 0.2) is 5.82 Å². The van der Waals surface area contributed by atoms with E-state index in [9.17, 15) is 18.0 Å². The predicted octanol–water partition coefficient (Wildman–Crippen LogP) is 4.06. The molecule has 0 radical (unpaired) electrons. The van der Waals surface area contributed by atoms with Crippen molar-refractivity contribution in [2.75, 3.05) is 5.32 Å². The highest BCUT2D eigenvalue weighted by molar-refractivity contribution is 5.46. The number of nitrogens with zero attached hydrogens (tertiary/aromatic N) is 5. The van der Waals surface area contributed by atoms with Gasteiger partial charge in [-0.05, 0) is 63.8 Å². The van der Waals surface area contributed by atoms with Gasteiger partial charge in [0, 0.05) is 24.0 Å². The van der Waals surface area contributed by atoms with Crippen molar-refractivity contribution in [3.05, 3.63) is 63.8 Å². The smallest absolute Gasteiger partial charge is 0.367 e. The largest absolute Gasteiger partial charge is 0.419 e. The Morgan fingerprint density at radius 2 is 1.81 bits per heavy atom. The summed E-state index contributed by atoms with van der Waals surface area (Å²) in [5.74, 6) is 0.411. The van der Waals surface area contributed by atoms with Crippen molar-refractivity contribution in [1.29, 1.82) is 0 Å². The number of halogens is 3. The van der Waals surface area contributed by atoms with E-state index >= 15 is 0 Å².